The summed E-state index contributed by atoms with van der Waals surface area (Å²) in [5.41, 5.74) is 7.90. The van der Waals surface area contributed by atoms with E-state index in [1.54, 1.807) is 42.6 Å². The van der Waals surface area contributed by atoms with Gasteiger partial charge in [-0.25, -0.2) is 0 Å². The van der Waals surface area contributed by atoms with Crippen molar-refractivity contribution in [2.24, 2.45) is 5.73 Å². The maximum absolute atomic E-state index is 13.9. The molecular formula is C26H25ClN4O3. The van der Waals surface area contributed by atoms with E-state index in [0.717, 1.165) is 16.7 Å². The monoisotopic (exact) mass is 476 g/mol. The minimum atomic E-state index is -1.89. The first-order valence-electron chi connectivity index (χ1n) is 11.3. The average Bonchev–Trinajstić information content (AvgIpc) is 3.45. The van der Waals surface area contributed by atoms with Crippen molar-refractivity contribution in [1.29, 1.82) is 0 Å². The third-order valence-electron chi connectivity index (χ3n) is 6.74. The summed E-state index contributed by atoms with van der Waals surface area (Å²) < 4.78 is 0. The summed E-state index contributed by atoms with van der Waals surface area (Å²) in [5.74, 6) is -0.773. The fraction of sp³-hybridized carbons (Fsp3) is 0.269. The summed E-state index contributed by atoms with van der Waals surface area (Å²) in [6.07, 6.45) is 2.84. The number of pyridine rings is 1. The molecule has 4 N–H and O–H groups in total. The maximum atomic E-state index is 13.9. The van der Waals surface area contributed by atoms with E-state index >= 15 is 0 Å². The number of carbonyl (C=O) groups excluding carboxylic acids is 2. The van der Waals surface area contributed by atoms with E-state index in [9.17, 15) is 14.7 Å². The molecule has 1 unspecified atom stereocenters. The van der Waals surface area contributed by atoms with E-state index in [4.69, 9.17) is 17.3 Å². The number of nitrogens with two attached hydrogens (primary N) is 1. The van der Waals surface area contributed by atoms with Gasteiger partial charge in [-0.3, -0.25) is 14.6 Å². The van der Waals surface area contributed by atoms with Crippen molar-refractivity contribution >= 4 is 23.4 Å². The quantitative estimate of drug-likeness (QED) is 0.524. The Hall–Kier alpha value is -3.26. The molecule has 34 heavy (non-hydrogen) atoms. The van der Waals surface area contributed by atoms with Crippen LogP contribution in [-0.2, 0) is 28.3 Å². The highest BCUT2D eigenvalue weighted by atomic mass is 35.5. The number of carbonyl (C=O) groups is 2. The van der Waals surface area contributed by atoms with Gasteiger partial charge >= 0.3 is 0 Å². The molecule has 2 atom stereocenters. The zero-order valence-corrected chi connectivity index (χ0v) is 19.3. The standard InChI is InChI=1S/C26H25ClN4O3/c27-18-10-9-16(14-28)17(13-18)15-30-24(32)22-8-4-12-31(22)25(33)26(34)20-6-2-1-5-19(20)23-21(26)7-3-11-29-23/h1-3,5-7,9-11,13,22,34H,4,8,12,14-15,28H2,(H,30,32)/t22-,26?/m0/s1. The molecule has 2 heterocycles. The van der Waals surface area contributed by atoms with Crippen molar-refractivity contribution in [2.75, 3.05) is 6.54 Å². The van der Waals surface area contributed by atoms with Crippen LogP contribution in [0.2, 0.25) is 5.02 Å². The molecule has 0 bridgehead atoms. The van der Waals surface area contributed by atoms with Crippen LogP contribution in [0.4, 0.5) is 0 Å². The van der Waals surface area contributed by atoms with Gasteiger partial charge in [0.25, 0.3) is 5.91 Å². The van der Waals surface area contributed by atoms with Crippen molar-refractivity contribution in [3.8, 4) is 11.3 Å². The lowest BCUT2D eigenvalue weighted by atomic mass is 9.90. The van der Waals surface area contributed by atoms with Crippen LogP contribution in [0.1, 0.15) is 35.1 Å². The van der Waals surface area contributed by atoms with E-state index in [0.29, 0.717) is 47.8 Å². The Morgan fingerprint density at radius 3 is 2.76 bits per heavy atom. The van der Waals surface area contributed by atoms with E-state index in [1.165, 1.54) is 4.90 Å². The topological polar surface area (TPSA) is 109 Å². The molecule has 0 radical (unpaired) electrons. The molecule has 0 spiro atoms. The zero-order valence-electron chi connectivity index (χ0n) is 18.5. The molecule has 1 fully saturated rings. The molecule has 174 valence electrons. The SMILES string of the molecule is NCc1ccc(Cl)cc1CNC(=O)[C@@H]1CCCN1C(=O)C1(O)c2ccccc2-c2ncccc21. The molecule has 2 aliphatic rings. The number of halogens is 1. The molecule has 1 aliphatic carbocycles. The van der Waals surface area contributed by atoms with Crippen LogP contribution in [0.3, 0.4) is 0 Å². The summed E-state index contributed by atoms with van der Waals surface area (Å²) in [5, 5.41) is 15.3. The average molecular weight is 477 g/mol. The third-order valence-corrected chi connectivity index (χ3v) is 6.97. The van der Waals surface area contributed by atoms with Gasteiger partial charge in [0.15, 0.2) is 5.60 Å². The molecule has 1 saturated heterocycles. The number of likely N-dealkylation sites (tertiary alicyclic amines) is 1. The van der Waals surface area contributed by atoms with E-state index in [1.807, 2.05) is 18.2 Å². The normalized spacial score (nSPS) is 20.7. The van der Waals surface area contributed by atoms with Crippen molar-refractivity contribution < 1.29 is 14.7 Å². The lowest BCUT2D eigenvalue weighted by Gasteiger charge is -2.32. The minimum Gasteiger partial charge on any atom is -0.372 e. The third kappa shape index (κ3) is 3.57. The highest BCUT2D eigenvalue weighted by Gasteiger charge is 2.52. The summed E-state index contributed by atoms with van der Waals surface area (Å²) >= 11 is 6.11. The number of nitrogens with one attached hydrogen (secondary N) is 1. The predicted octanol–water partition coefficient (Wildman–Crippen LogP) is 2.72. The molecule has 1 aliphatic heterocycles. The second-order valence-corrected chi connectivity index (χ2v) is 9.08. The highest BCUT2D eigenvalue weighted by molar-refractivity contribution is 6.30. The number of hydrogen-bond donors (Lipinski definition) is 3. The van der Waals surface area contributed by atoms with Crippen molar-refractivity contribution in [3.63, 3.8) is 0 Å². The van der Waals surface area contributed by atoms with Crippen LogP contribution in [0.15, 0.2) is 60.8 Å². The number of nitrogens with zero attached hydrogens (tertiary/aromatic N) is 2. The Morgan fingerprint density at radius 1 is 1.15 bits per heavy atom. The van der Waals surface area contributed by atoms with Crippen LogP contribution in [0.25, 0.3) is 11.3 Å². The first kappa shape index (κ1) is 22.5. The summed E-state index contributed by atoms with van der Waals surface area (Å²) in [4.78, 5) is 32.9. The van der Waals surface area contributed by atoms with Crippen molar-refractivity contribution in [3.05, 3.63) is 88.1 Å². The van der Waals surface area contributed by atoms with Gasteiger partial charge < -0.3 is 21.1 Å². The van der Waals surface area contributed by atoms with Gasteiger partial charge in [0.1, 0.15) is 6.04 Å². The van der Waals surface area contributed by atoms with Gasteiger partial charge in [-0.05, 0) is 42.2 Å². The van der Waals surface area contributed by atoms with Gasteiger partial charge in [-0.15, -0.1) is 0 Å². The van der Waals surface area contributed by atoms with E-state index < -0.39 is 17.6 Å². The van der Waals surface area contributed by atoms with Gasteiger partial charge in [-0.1, -0.05) is 48.0 Å². The van der Waals surface area contributed by atoms with Crippen molar-refractivity contribution in [1.82, 2.24) is 15.2 Å². The highest BCUT2D eigenvalue weighted by Crippen LogP contribution is 2.47. The van der Waals surface area contributed by atoms with E-state index in [-0.39, 0.29) is 12.5 Å². The molecule has 5 rings (SSSR count). The zero-order chi connectivity index (χ0) is 23.9. The van der Waals surface area contributed by atoms with Crippen LogP contribution < -0.4 is 11.1 Å². The summed E-state index contributed by atoms with van der Waals surface area (Å²) in [6.45, 7) is 0.975. The molecule has 1 aromatic heterocycles. The Bertz CT molecular complexity index is 1230. The number of amides is 2. The molecule has 7 nitrogen and oxygen atoms in total. The van der Waals surface area contributed by atoms with Crippen LogP contribution >= 0.6 is 11.6 Å². The molecular weight excluding hydrogens is 452 g/mol. The maximum Gasteiger partial charge on any atom is 0.264 e. The second-order valence-electron chi connectivity index (χ2n) is 8.65. The second kappa shape index (κ2) is 8.83. The number of hydrogen-bond acceptors (Lipinski definition) is 5. The van der Waals surface area contributed by atoms with Crippen LogP contribution in [0.5, 0.6) is 0 Å². The first-order valence-corrected chi connectivity index (χ1v) is 11.7. The predicted molar refractivity (Wildman–Crippen MR) is 129 cm³/mol. The van der Waals surface area contributed by atoms with Gasteiger partial charge in [-0.2, -0.15) is 0 Å². The first-order chi connectivity index (χ1) is 16.4. The lowest BCUT2D eigenvalue weighted by Crippen LogP contribution is -2.52. The molecule has 0 saturated carbocycles. The summed E-state index contributed by atoms with van der Waals surface area (Å²) in [7, 11) is 0. The number of fused-ring (bicyclic) bond motifs is 3. The Morgan fingerprint density at radius 2 is 1.94 bits per heavy atom. The van der Waals surface area contributed by atoms with Crippen LogP contribution in [-0.4, -0.2) is 39.4 Å². The molecule has 2 aromatic carbocycles. The smallest absolute Gasteiger partial charge is 0.264 e. The largest absolute Gasteiger partial charge is 0.372 e. The molecule has 3 aromatic rings. The van der Waals surface area contributed by atoms with Gasteiger partial charge in [0.2, 0.25) is 5.91 Å². The number of aromatic nitrogens is 1. The van der Waals surface area contributed by atoms with E-state index in [2.05, 4.69) is 10.3 Å². The summed E-state index contributed by atoms with van der Waals surface area (Å²) in [6, 6.07) is 15.4. The lowest BCUT2D eigenvalue weighted by molar-refractivity contribution is -0.151. The van der Waals surface area contributed by atoms with Gasteiger partial charge in [0, 0.05) is 47.5 Å². The van der Waals surface area contributed by atoms with Crippen molar-refractivity contribution in [2.45, 2.75) is 37.6 Å². The number of benzene rings is 2. The molecule has 2 amide bonds. The number of aliphatic hydroxyl groups is 1. The fourth-order valence-electron chi connectivity index (χ4n) is 5.04. The minimum absolute atomic E-state index is 0.254. The van der Waals surface area contributed by atoms with Gasteiger partial charge in [0.05, 0.1) is 5.69 Å². The Labute approximate surface area is 202 Å². The Kier molecular flexibility index (Phi) is 5.85. The van der Waals surface area contributed by atoms with Crippen LogP contribution in [0, 0.1) is 0 Å². The number of rotatable bonds is 5. The Balaban J connectivity index is 1.41. The fourth-order valence-corrected chi connectivity index (χ4v) is 5.24. The molecule has 8 heteroatoms.